The van der Waals surface area contributed by atoms with Crippen LogP contribution in [0.1, 0.15) is 18.4 Å². The summed E-state index contributed by atoms with van der Waals surface area (Å²) in [5.74, 6) is 0.727. The van der Waals surface area contributed by atoms with E-state index >= 15 is 0 Å². The molecule has 0 spiro atoms. The maximum atomic E-state index is 11.3. The zero-order chi connectivity index (χ0) is 13.4. The van der Waals surface area contributed by atoms with Crippen molar-refractivity contribution in [2.75, 3.05) is 6.73 Å². The maximum Gasteiger partial charge on any atom is 0.178 e. The van der Waals surface area contributed by atoms with Crippen LogP contribution in [0.2, 0.25) is 5.02 Å². The van der Waals surface area contributed by atoms with Crippen LogP contribution in [0.5, 0.6) is 0 Å². The first-order chi connectivity index (χ1) is 9.24. The van der Waals surface area contributed by atoms with Gasteiger partial charge in [0.25, 0.3) is 0 Å². The molecule has 1 aromatic rings. The van der Waals surface area contributed by atoms with Gasteiger partial charge in [0.2, 0.25) is 0 Å². The highest BCUT2D eigenvalue weighted by Crippen LogP contribution is 2.34. The van der Waals surface area contributed by atoms with E-state index in [1.165, 1.54) is 5.01 Å². The van der Waals surface area contributed by atoms with Gasteiger partial charge < -0.3 is 10.0 Å². The Morgan fingerprint density at radius 2 is 2.05 bits per heavy atom. The Labute approximate surface area is 116 Å². The minimum atomic E-state index is -0.511. The molecule has 0 amide bonds. The zero-order valence-electron chi connectivity index (χ0n) is 10.2. The van der Waals surface area contributed by atoms with E-state index in [-0.39, 0.29) is 6.73 Å². The van der Waals surface area contributed by atoms with Crippen LogP contribution in [-0.4, -0.2) is 46.1 Å². The lowest BCUT2D eigenvalue weighted by atomic mass is 10.2. The molecule has 1 heterocycles. The van der Waals surface area contributed by atoms with Gasteiger partial charge in [-0.1, -0.05) is 11.6 Å². The smallest absolute Gasteiger partial charge is 0.178 e. The van der Waals surface area contributed by atoms with Crippen LogP contribution >= 0.6 is 11.6 Å². The lowest BCUT2D eigenvalue weighted by Gasteiger charge is -2.26. The number of carbonyl (C=O) groups excluding carboxylic acids is 1. The minimum Gasteiger partial charge on any atom is -0.375 e. The van der Waals surface area contributed by atoms with Crippen molar-refractivity contribution >= 4 is 23.7 Å². The fourth-order valence-electron chi connectivity index (χ4n) is 2.30. The van der Waals surface area contributed by atoms with Gasteiger partial charge >= 0.3 is 0 Å². The second-order valence-electron chi connectivity index (χ2n) is 4.70. The summed E-state index contributed by atoms with van der Waals surface area (Å²) >= 11 is 5.88. The van der Waals surface area contributed by atoms with E-state index in [0.29, 0.717) is 11.1 Å². The van der Waals surface area contributed by atoms with Crippen LogP contribution < -0.4 is 0 Å². The van der Waals surface area contributed by atoms with Crippen molar-refractivity contribution in [3.8, 4) is 0 Å². The van der Waals surface area contributed by atoms with Crippen molar-refractivity contribution < 1.29 is 9.90 Å². The quantitative estimate of drug-likeness (QED) is 0.843. The summed E-state index contributed by atoms with van der Waals surface area (Å²) in [7, 11) is 0. The molecule has 1 unspecified atom stereocenters. The standard InChI is InChI=1S/C13H14ClN3O2/c14-10-3-1-9(2-4-10)13-15-16(8-19)12(7-18)17(13)11-5-6-11/h1-4,7,11-12,19H,5-6,8H2. The molecule has 0 bridgehead atoms. The highest BCUT2D eigenvalue weighted by atomic mass is 35.5. The second-order valence-corrected chi connectivity index (χ2v) is 5.14. The largest absolute Gasteiger partial charge is 0.375 e. The Balaban J connectivity index is 1.97. The van der Waals surface area contributed by atoms with Crippen LogP contribution in [0, 0.1) is 0 Å². The molecule has 1 atom stereocenters. The number of nitrogens with zero attached hydrogens (tertiary/aromatic N) is 3. The SMILES string of the molecule is O=CC1N(CO)N=C(c2ccc(Cl)cc2)N1C1CC1. The predicted molar refractivity (Wildman–Crippen MR) is 71.6 cm³/mol. The molecule has 19 heavy (non-hydrogen) atoms. The summed E-state index contributed by atoms with van der Waals surface area (Å²) in [5.41, 5.74) is 0.902. The van der Waals surface area contributed by atoms with Crippen molar-refractivity contribution in [3.05, 3.63) is 34.9 Å². The van der Waals surface area contributed by atoms with E-state index in [0.717, 1.165) is 30.5 Å². The number of aliphatic hydroxyl groups is 1. The van der Waals surface area contributed by atoms with E-state index in [2.05, 4.69) is 5.10 Å². The average molecular weight is 280 g/mol. The lowest BCUT2D eigenvalue weighted by molar-refractivity contribution is -0.117. The van der Waals surface area contributed by atoms with Crippen molar-refractivity contribution in [2.45, 2.75) is 25.0 Å². The van der Waals surface area contributed by atoms with Crippen LogP contribution in [-0.2, 0) is 4.79 Å². The number of hydrazone groups is 1. The van der Waals surface area contributed by atoms with Gasteiger partial charge in [0.1, 0.15) is 6.73 Å². The summed E-state index contributed by atoms with van der Waals surface area (Å²) in [6.07, 6.45) is 2.41. The molecular formula is C13H14ClN3O2. The van der Waals surface area contributed by atoms with Gasteiger partial charge in [0.15, 0.2) is 18.3 Å². The van der Waals surface area contributed by atoms with Gasteiger partial charge in [-0.25, -0.2) is 5.01 Å². The van der Waals surface area contributed by atoms with Crippen molar-refractivity contribution in [3.63, 3.8) is 0 Å². The molecule has 1 aromatic carbocycles. The number of hydrogen-bond acceptors (Lipinski definition) is 5. The Kier molecular flexibility index (Phi) is 3.16. The molecule has 1 aliphatic heterocycles. The minimum absolute atomic E-state index is 0.274. The van der Waals surface area contributed by atoms with Gasteiger partial charge in [0.05, 0.1) is 0 Å². The summed E-state index contributed by atoms with van der Waals surface area (Å²) in [5, 5.41) is 15.7. The fourth-order valence-corrected chi connectivity index (χ4v) is 2.43. The van der Waals surface area contributed by atoms with Crippen molar-refractivity contribution in [2.24, 2.45) is 5.10 Å². The number of amidine groups is 1. The van der Waals surface area contributed by atoms with E-state index in [1.54, 1.807) is 12.1 Å². The van der Waals surface area contributed by atoms with Gasteiger partial charge in [-0.05, 0) is 37.1 Å². The molecule has 1 aliphatic carbocycles. The Hall–Kier alpha value is -1.59. The fraction of sp³-hybridized carbons (Fsp3) is 0.385. The summed E-state index contributed by atoms with van der Waals surface area (Å²) in [6.45, 7) is -0.274. The molecule has 6 heteroatoms. The van der Waals surface area contributed by atoms with Crippen LogP contribution in [0.4, 0.5) is 0 Å². The summed E-state index contributed by atoms with van der Waals surface area (Å²) in [6, 6.07) is 7.67. The zero-order valence-corrected chi connectivity index (χ0v) is 11.0. The Morgan fingerprint density at radius 1 is 1.37 bits per heavy atom. The molecule has 0 radical (unpaired) electrons. The number of benzene rings is 1. The van der Waals surface area contributed by atoms with Crippen molar-refractivity contribution in [1.29, 1.82) is 0 Å². The highest BCUT2D eigenvalue weighted by Gasteiger charge is 2.43. The summed E-state index contributed by atoms with van der Waals surface area (Å²) < 4.78 is 0. The molecule has 3 rings (SSSR count). The van der Waals surface area contributed by atoms with E-state index in [4.69, 9.17) is 11.6 Å². The first-order valence-electron chi connectivity index (χ1n) is 6.20. The van der Waals surface area contributed by atoms with Gasteiger partial charge in [-0.3, -0.25) is 4.79 Å². The van der Waals surface area contributed by atoms with E-state index in [1.807, 2.05) is 17.0 Å². The first-order valence-corrected chi connectivity index (χ1v) is 6.58. The molecule has 2 aliphatic rings. The lowest BCUT2D eigenvalue weighted by Crippen LogP contribution is -2.45. The monoisotopic (exact) mass is 279 g/mol. The van der Waals surface area contributed by atoms with Crippen LogP contribution in [0.3, 0.4) is 0 Å². The van der Waals surface area contributed by atoms with E-state index in [9.17, 15) is 9.90 Å². The molecule has 1 saturated carbocycles. The van der Waals surface area contributed by atoms with Crippen molar-refractivity contribution in [1.82, 2.24) is 9.91 Å². The molecule has 100 valence electrons. The van der Waals surface area contributed by atoms with Crippen LogP contribution in [0.15, 0.2) is 29.4 Å². The predicted octanol–water partition coefficient (Wildman–Crippen LogP) is 1.26. The Morgan fingerprint density at radius 3 is 2.58 bits per heavy atom. The van der Waals surface area contributed by atoms with Gasteiger partial charge in [-0.2, -0.15) is 5.10 Å². The first kappa shape index (κ1) is 12.4. The number of hydrogen-bond donors (Lipinski definition) is 1. The number of carbonyl (C=O) groups is 1. The van der Waals surface area contributed by atoms with Gasteiger partial charge in [0, 0.05) is 16.6 Å². The number of halogens is 1. The molecule has 5 nitrogen and oxygen atoms in total. The third-order valence-electron chi connectivity index (χ3n) is 3.37. The third kappa shape index (κ3) is 2.19. The average Bonchev–Trinajstić information content (AvgIpc) is 3.20. The molecule has 1 fully saturated rings. The second kappa shape index (κ2) is 4.83. The molecule has 0 aromatic heterocycles. The Bertz CT molecular complexity index is 513. The molecular weight excluding hydrogens is 266 g/mol. The normalized spacial score (nSPS) is 22.6. The van der Waals surface area contributed by atoms with Gasteiger partial charge in [-0.15, -0.1) is 0 Å². The highest BCUT2D eigenvalue weighted by molar-refractivity contribution is 6.30. The van der Waals surface area contributed by atoms with E-state index < -0.39 is 6.17 Å². The third-order valence-corrected chi connectivity index (χ3v) is 3.62. The molecule has 0 saturated heterocycles. The number of aldehydes is 1. The maximum absolute atomic E-state index is 11.3. The topological polar surface area (TPSA) is 56.1 Å². The summed E-state index contributed by atoms with van der Waals surface area (Å²) in [4.78, 5) is 13.2. The van der Waals surface area contributed by atoms with Crippen LogP contribution in [0.25, 0.3) is 0 Å². The molecule has 1 N–H and O–H groups in total. The number of rotatable bonds is 4. The number of aliphatic hydroxyl groups excluding tert-OH is 1.